The summed E-state index contributed by atoms with van der Waals surface area (Å²) in [5.74, 6) is -5.82. The summed E-state index contributed by atoms with van der Waals surface area (Å²) in [6, 6.07) is 3.03. The van der Waals surface area contributed by atoms with Crippen LogP contribution in [0, 0.1) is 12.7 Å². The minimum atomic E-state index is -3.72. The van der Waals surface area contributed by atoms with E-state index in [1.54, 1.807) is 0 Å². The van der Waals surface area contributed by atoms with E-state index in [0.717, 1.165) is 37.7 Å². The normalized spacial score (nSPS) is 20.4. The number of carbonyl (C=O) groups excluding carboxylic acids is 1. The maximum absolute atomic E-state index is 14.3. The molecule has 0 radical (unpaired) electrons. The molecule has 120 valence electrons. The van der Waals surface area contributed by atoms with E-state index in [1.165, 1.54) is 6.92 Å². The highest BCUT2D eigenvalue weighted by atomic mass is 19.3. The lowest BCUT2D eigenvalue weighted by molar-refractivity contribution is -0.148. The van der Waals surface area contributed by atoms with E-state index in [1.807, 2.05) is 0 Å². The highest BCUT2D eigenvalue weighted by Crippen LogP contribution is 2.39. The van der Waals surface area contributed by atoms with Gasteiger partial charge in [-0.05, 0) is 63.0 Å². The van der Waals surface area contributed by atoms with Crippen molar-refractivity contribution in [2.45, 2.75) is 37.6 Å². The molecule has 1 saturated heterocycles. The quantitative estimate of drug-likeness (QED) is 0.906. The fourth-order valence-electron chi connectivity index (χ4n) is 2.81. The van der Waals surface area contributed by atoms with E-state index in [2.05, 4.69) is 10.2 Å². The van der Waals surface area contributed by atoms with Crippen molar-refractivity contribution in [2.24, 2.45) is 0 Å². The fourth-order valence-corrected chi connectivity index (χ4v) is 2.81. The number of halogens is 3. The van der Waals surface area contributed by atoms with Gasteiger partial charge in [0.1, 0.15) is 5.82 Å². The van der Waals surface area contributed by atoms with Crippen molar-refractivity contribution in [3.05, 3.63) is 35.1 Å². The van der Waals surface area contributed by atoms with E-state index in [9.17, 15) is 18.0 Å². The van der Waals surface area contributed by atoms with Crippen LogP contribution >= 0.6 is 0 Å². The molecule has 1 amide bonds. The number of alkyl halides is 2. The third kappa shape index (κ3) is 2.97. The number of hydrogen-bond acceptors (Lipinski definition) is 2. The lowest BCUT2D eigenvalue weighted by atomic mass is 10.0. The molecule has 0 spiro atoms. The second kappa shape index (κ2) is 5.26. The van der Waals surface area contributed by atoms with Crippen LogP contribution in [0.25, 0.3) is 0 Å². The van der Waals surface area contributed by atoms with Crippen molar-refractivity contribution in [1.82, 2.24) is 10.2 Å². The van der Waals surface area contributed by atoms with E-state index in [4.69, 9.17) is 0 Å². The molecule has 1 aliphatic carbocycles. The summed E-state index contributed by atoms with van der Waals surface area (Å²) in [6.45, 7) is 4.05. The molecule has 2 aliphatic rings. The molecule has 1 aliphatic heterocycles. The van der Waals surface area contributed by atoms with Crippen LogP contribution in [0.2, 0.25) is 0 Å². The number of hydrogen-bond donors (Lipinski definition) is 1. The molecule has 22 heavy (non-hydrogen) atoms. The second-order valence-corrected chi connectivity index (χ2v) is 6.46. The van der Waals surface area contributed by atoms with Gasteiger partial charge in [-0.1, -0.05) is 0 Å². The zero-order chi connectivity index (χ0) is 16.0. The summed E-state index contributed by atoms with van der Waals surface area (Å²) in [7, 11) is 0. The Morgan fingerprint density at radius 3 is 2.50 bits per heavy atom. The smallest absolute Gasteiger partial charge is 0.344 e. The number of nitrogens with zero attached hydrogens (tertiary/aromatic N) is 1. The number of nitrogens with one attached hydrogen (secondary N) is 1. The first kappa shape index (κ1) is 15.3. The highest BCUT2D eigenvalue weighted by molar-refractivity contribution is 5.85. The molecule has 6 heteroatoms. The summed E-state index contributed by atoms with van der Waals surface area (Å²) in [5.41, 5.74) is -0.755. The van der Waals surface area contributed by atoms with Gasteiger partial charge in [-0.3, -0.25) is 4.79 Å². The zero-order valence-electron chi connectivity index (χ0n) is 12.5. The molecule has 1 N–H and O–H groups in total. The number of amides is 1. The number of carbonyl (C=O) groups is 1. The standard InChI is InChI=1S/C16H19F3N2O/c1-11-7-12(9-13(17)8-11)16(18,19)14(22)20-15(3-4-15)10-21-5-2-6-21/h7-9H,2-6,10H2,1H3,(H,20,22). The highest BCUT2D eigenvalue weighted by Gasteiger charge is 2.51. The molecule has 1 aromatic carbocycles. The summed E-state index contributed by atoms with van der Waals surface area (Å²) in [5, 5.41) is 2.49. The third-order valence-corrected chi connectivity index (χ3v) is 4.40. The van der Waals surface area contributed by atoms with Gasteiger partial charge in [0.15, 0.2) is 0 Å². The molecule has 2 fully saturated rings. The van der Waals surface area contributed by atoms with Crippen LogP contribution in [-0.4, -0.2) is 36.0 Å². The topological polar surface area (TPSA) is 32.3 Å². The van der Waals surface area contributed by atoms with Gasteiger partial charge in [-0.15, -0.1) is 0 Å². The van der Waals surface area contributed by atoms with Crippen molar-refractivity contribution in [3.63, 3.8) is 0 Å². The first-order chi connectivity index (χ1) is 10.3. The Labute approximate surface area is 127 Å². The molecular weight excluding hydrogens is 293 g/mol. The monoisotopic (exact) mass is 312 g/mol. The minimum absolute atomic E-state index is 0.365. The number of rotatable bonds is 5. The molecule has 1 heterocycles. The lowest BCUT2D eigenvalue weighted by Crippen LogP contribution is -2.53. The van der Waals surface area contributed by atoms with E-state index >= 15 is 0 Å². The Kier molecular flexibility index (Phi) is 3.67. The Hall–Kier alpha value is -1.56. The van der Waals surface area contributed by atoms with Gasteiger partial charge >= 0.3 is 5.92 Å². The molecule has 1 aromatic rings. The molecule has 3 nitrogen and oxygen atoms in total. The molecule has 0 aromatic heterocycles. The van der Waals surface area contributed by atoms with E-state index in [-0.39, 0.29) is 0 Å². The lowest BCUT2D eigenvalue weighted by Gasteiger charge is -2.35. The number of benzene rings is 1. The van der Waals surface area contributed by atoms with Crippen molar-refractivity contribution in [3.8, 4) is 0 Å². The Morgan fingerprint density at radius 2 is 2.00 bits per heavy atom. The molecule has 0 unspecified atom stereocenters. The average Bonchev–Trinajstić information content (AvgIpc) is 3.13. The van der Waals surface area contributed by atoms with Crippen LogP contribution in [-0.2, 0) is 10.7 Å². The van der Waals surface area contributed by atoms with Gasteiger partial charge in [0, 0.05) is 12.1 Å². The van der Waals surface area contributed by atoms with Crippen molar-refractivity contribution in [2.75, 3.05) is 19.6 Å². The van der Waals surface area contributed by atoms with Gasteiger partial charge < -0.3 is 10.2 Å². The Balaban J connectivity index is 1.72. The fraction of sp³-hybridized carbons (Fsp3) is 0.562. The van der Waals surface area contributed by atoms with Gasteiger partial charge in [-0.25, -0.2) is 4.39 Å². The zero-order valence-corrected chi connectivity index (χ0v) is 12.5. The Morgan fingerprint density at radius 1 is 1.32 bits per heavy atom. The van der Waals surface area contributed by atoms with Crippen molar-refractivity contribution >= 4 is 5.91 Å². The first-order valence-corrected chi connectivity index (χ1v) is 7.51. The summed E-state index contributed by atoms with van der Waals surface area (Å²) >= 11 is 0. The SMILES string of the molecule is Cc1cc(F)cc(C(F)(F)C(=O)NC2(CN3CCC3)CC2)c1. The maximum atomic E-state index is 14.3. The summed E-state index contributed by atoms with van der Waals surface area (Å²) in [6.07, 6.45) is 2.55. The summed E-state index contributed by atoms with van der Waals surface area (Å²) in [4.78, 5) is 14.2. The average molecular weight is 312 g/mol. The second-order valence-electron chi connectivity index (χ2n) is 6.46. The van der Waals surface area contributed by atoms with Crippen molar-refractivity contribution in [1.29, 1.82) is 0 Å². The van der Waals surface area contributed by atoms with Gasteiger partial charge in [0.05, 0.1) is 5.54 Å². The van der Waals surface area contributed by atoms with E-state index in [0.29, 0.717) is 24.9 Å². The van der Waals surface area contributed by atoms with Crippen LogP contribution in [0.3, 0.4) is 0 Å². The van der Waals surface area contributed by atoms with Gasteiger partial charge in [-0.2, -0.15) is 8.78 Å². The Bertz CT molecular complexity index is 575. The van der Waals surface area contributed by atoms with Gasteiger partial charge in [0.2, 0.25) is 0 Å². The van der Waals surface area contributed by atoms with Crippen LogP contribution in [0.5, 0.6) is 0 Å². The van der Waals surface area contributed by atoms with Crippen LogP contribution in [0.4, 0.5) is 13.2 Å². The largest absolute Gasteiger partial charge is 0.349 e. The third-order valence-electron chi connectivity index (χ3n) is 4.40. The molecular formula is C16H19F3N2O. The predicted octanol–water partition coefficient (Wildman–Crippen LogP) is 2.58. The van der Waals surface area contributed by atoms with Crippen molar-refractivity contribution < 1.29 is 18.0 Å². The number of aryl methyl sites for hydroxylation is 1. The predicted molar refractivity (Wildman–Crippen MR) is 76.2 cm³/mol. The minimum Gasteiger partial charge on any atom is -0.344 e. The molecule has 0 atom stereocenters. The van der Waals surface area contributed by atoms with E-state index < -0.39 is 28.7 Å². The first-order valence-electron chi connectivity index (χ1n) is 7.51. The van der Waals surface area contributed by atoms with Crippen LogP contribution in [0.1, 0.15) is 30.4 Å². The van der Waals surface area contributed by atoms with Gasteiger partial charge in [0.25, 0.3) is 5.91 Å². The summed E-state index contributed by atoms with van der Waals surface area (Å²) < 4.78 is 41.9. The van der Waals surface area contributed by atoms with Crippen LogP contribution in [0.15, 0.2) is 18.2 Å². The molecule has 0 bridgehead atoms. The maximum Gasteiger partial charge on any atom is 0.349 e. The molecule has 3 rings (SSSR count). The number of likely N-dealkylation sites (tertiary alicyclic amines) is 1. The van der Waals surface area contributed by atoms with Crippen LogP contribution < -0.4 is 5.32 Å². The molecule has 1 saturated carbocycles.